The first kappa shape index (κ1) is 23.9. The summed E-state index contributed by atoms with van der Waals surface area (Å²) in [6.07, 6.45) is -2.99. The molecule has 9 heteroatoms. The summed E-state index contributed by atoms with van der Waals surface area (Å²) in [5.74, 6) is -6.44. The number of esters is 2. The van der Waals surface area contributed by atoms with E-state index in [-0.39, 0.29) is 24.9 Å². The van der Waals surface area contributed by atoms with Crippen molar-refractivity contribution in [3.05, 3.63) is 11.6 Å². The lowest BCUT2D eigenvalue weighted by Gasteiger charge is -2.68. The summed E-state index contributed by atoms with van der Waals surface area (Å²) in [7, 11) is 0. The molecule has 5 rings (SSSR count). The van der Waals surface area contributed by atoms with E-state index >= 15 is 0 Å². The number of carbonyl (C=O) groups excluding carboxylic acids is 3. The van der Waals surface area contributed by atoms with Crippen molar-refractivity contribution in [1.82, 2.24) is 0 Å². The van der Waals surface area contributed by atoms with Crippen LogP contribution in [0.4, 0.5) is 0 Å². The Bertz CT molecular complexity index is 973. The summed E-state index contributed by atoms with van der Waals surface area (Å²) in [6.45, 7) is 8.91. The maximum absolute atomic E-state index is 13.2. The average molecular weight is 479 g/mol. The van der Waals surface area contributed by atoms with Gasteiger partial charge in [0.1, 0.15) is 18.3 Å². The molecule has 9 nitrogen and oxygen atoms in total. The first-order valence-electron chi connectivity index (χ1n) is 12.1. The molecule has 0 radical (unpaired) electrons. The molecule has 2 saturated heterocycles. The van der Waals surface area contributed by atoms with Crippen LogP contribution < -0.4 is 0 Å². The zero-order chi connectivity index (χ0) is 25.0. The predicted molar refractivity (Wildman–Crippen MR) is 116 cm³/mol. The lowest BCUT2D eigenvalue weighted by molar-refractivity contribution is -0.340. The van der Waals surface area contributed by atoms with Gasteiger partial charge in [-0.1, -0.05) is 33.3 Å². The molecular formula is C25H34O9. The Morgan fingerprint density at radius 3 is 2.62 bits per heavy atom. The summed E-state index contributed by atoms with van der Waals surface area (Å²) in [6, 6.07) is 0. The fourth-order valence-electron chi connectivity index (χ4n) is 8.26. The maximum atomic E-state index is 13.2. The Hall–Kier alpha value is -1.81. The van der Waals surface area contributed by atoms with Crippen LogP contribution in [-0.4, -0.2) is 69.9 Å². The second-order valence-electron chi connectivity index (χ2n) is 11.7. The van der Waals surface area contributed by atoms with Gasteiger partial charge in [0.25, 0.3) is 0 Å². The van der Waals surface area contributed by atoms with Gasteiger partial charge in [0, 0.05) is 29.1 Å². The summed E-state index contributed by atoms with van der Waals surface area (Å²) in [5.41, 5.74) is -1.51. The summed E-state index contributed by atoms with van der Waals surface area (Å²) in [4.78, 5) is 38.6. The summed E-state index contributed by atoms with van der Waals surface area (Å²) in [5, 5.41) is 34.3. The van der Waals surface area contributed by atoms with Crippen molar-refractivity contribution in [2.45, 2.75) is 77.7 Å². The minimum absolute atomic E-state index is 0.0209. The van der Waals surface area contributed by atoms with Crippen LogP contribution in [0.2, 0.25) is 0 Å². The molecule has 0 unspecified atom stereocenters. The molecule has 188 valence electrons. The average Bonchev–Trinajstić information content (AvgIpc) is 3.03. The van der Waals surface area contributed by atoms with Gasteiger partial charge in [-0.25, -0.2) is 4.79 Å². The van der Waals surface area contributed by atoms with Crippen molar-refractivity contribution in [2.24, 2.45) is 40.4 Å². The SMILES string of the molecule is CC1=CC(=O)[C@@H](O)[C@]2(C)[C@H]3[C@@]4(O)OC[C@]35[C@H]([C@@H](C)[C@H]4O)[C@@H](OC(=O)CC(C)C)C(=O)O[C@@H]5C[C@@H]12. The molecule has 0 amide bonds. The monoisotopic (exact) mass is 478 g/mol. The van der Waals surface area contributed by atoms with E-state index in [0.717, 1.165) is 5.57 Å². The molecule has 3 N–H and O–H groups in total. The van der Waals surface area contributed by atoms with Crippen molar-refractivity contribution >= 4 is 17.7 Å². The molecule has 2 aliphatic heterocycles. The number of fused-ring (bicyclic) bond motifs is 1. The molecular weight excluding hydrogens is 444 g/mol. The molecule has 2 saturated carbocycles. The first-order valence-corrected chi connectivity index (χ1v) is 12.1. The van der Waals surface area contributed by atoms with E-state index in [1.54, 1.807) is 20.8 Å². The minimum atomic E-state index is -2.06. The molecule has 2 heterocycles. The van der Waals surface area contributed by atoms with Crippen LogP contribution in [0.3, 0.4) is 0 Å². The predicted octanol–water partition coefficient (Wildman–Crippen LogP) is 0.734. The van der Waals surface area contributed by atoms with E-state index in [2.05, 4.69) is 0 Å². The number of aliphatic hydroxyl groups is 3. The first-order chi connectivity index (χ1) is 15.8. The molecule has 0 aromatic heterocycles. The van der Waals surface area contributed by atoms with Crippen LogP contribution in [0, 0.1) is 40.4 Å². The van der Waals surface area contributed by atoms with Gasteiger partial charge in [0.05, 0.1) is 6.61 Å². The Balaban J connectivity index is 1.68. The van der Waals surface area contributed by atoms with Gasteiger partial charge in [-0.2, -0.15) is 0 Å². The molecule has 4 fully saturated rings. The van der Waals surface area contributed by atoms with E-state index in [1.807, 2.05) is 13.8 Å². The van der Waals surface area contributed by atoms with E-state index in [4.69, 9.17) is 14.2 Å². The van der Waals surface area contributed by atoms with Crippen molar-refractivity contribution < 1.29 is 43.9 Å². The molecule has 2 bridgehead atoms. The van der Waals surface area contributed by atoms with Gasteiger partial charge in [-0.15, -0.1) is 0 Å². The molecule has 3 aliphatic carbocycles. The highest BCUT2D eigenvalue weighted by Gasteiger charge is 2.83. The summed E-state index contributed by atoms with van der Waals surface area (Å²) < 4.78 is 17.5. The second kappa shape index (κ2) is 7.35. The number of hydrogen-bond donors (Lipinski definition) is 3. The van der Waals surface area contributed by atoms with Crippen molar-refractivity contribution in [2.75, 3.05) is 6.61 Å². The van der Waals surface area contributed by atoms with Gasteiger partial charge in [-0.05, 0) is 37.2 Å². The molecule has 0 aromatic rings. The Morgan fingerprint density at radius 1 is 1.29 bits per heavy atom. The van der Waals surface area contributed by atoms with Crippen LogP contribution in [0.1, 0.15) is 47.5 Å². The van der Waals surface area contributed by atoms with Crippen LogP contribution in [0.15, 0.2) is 11.6 Å². The zero-order valence-electron chi connectivity index (χ0n) is 20.2. The second-order valence-corrected chi connectivity index (χ2v) is 11.7. The molecule has 34 heavy (non-hydrogen) atoms. The largest absolute Gasteiger partial charge is 0.459 e. The lowest BCUT2D eigenvalue weighted by Crippen LogP contribution is -2.78. The number of aliphatic hydroxyl groups excluding tert-OH is 2. The molecule has 11 atom stereocenters. The van der Waals surface area contributed by atoms with Gasteiger partial charge >= 0.3 is 11.9 Å². The molecule has 0 aromatic carbocycles. The van der Waals surface area contributed by atoms with E-state index < -0.39 is 76.5 Å². The number of rotatable bonds is 3. The molecule has 1 spiro atoms. The third kappa shape index (κ3) is 2.72. The van der Waals surface area contributed by atoms with Crippen LogP contribution >= 0.6 is 0 Å². The van der Waals surface area contributed by atoms with E-state index in [9.17, 15) is 29.7 Å². The van der Waals surface area contributed by atoms with Crippen molar-refractivity contribution in [3.8, 4) is 0 Å². The van der Waals surface area contributed by atoms with Gasteiger partial charge in [0.15, 0.2) is 11.6 Å². The van der Waals surface area contributed by atoms with Crippen LogP contribution in [0.5, 0.6) is 0 Å². The van der Waals surface area contributed by atoms with Gasteiger partial charge in [0.2, 0.25) is 6.10 Å². The Labute approximate surface area is 198 Å². The summed E-state index contributed by atoms with van der Waals surface area (Å²) >= 11 is 0. The fourth-order valence-corrected chi connectivity index (χ4v) is 8.26. The number of carbonyl (C=O) groups is 3. The van der Waals surface area contributed by atoms with E-state index in [0.29, 0.717) is 6.42 Å². The third-order valence-corrected chi connectivity index (χ3v) is 9.46. The highest BCUT2D eigenvalue weighted by Crippen LogP contribution is 2.73. The number of allylic oxidation sites excluding steroid dienone is 1. The quantitative estimate of drug-likeness (QED) is 0.501. The van der Waals surface area contributed by atoms with Crippen LogP contribution in [-0.2, 0) is 28.6 Å². The Morgan fingerprint density at radius 2 is 1.97 bits per heavy atom. The van der Waals surface area contributed by atoms with E-state index in [1.165, 1.54) is 6.08 Å². The smallest absolute Gasteiger partial charge is 0.348 e. The normalized spacial score (nSPS) is 51.4. The zero-order valence-corrected chi connectivity index (χ0v) is 20.2. The number of ether oxygens (including phenoxy) is 3. The Kier molecular flexibility index (Phi) is 5.17. The fraction of sp³-hybridized carbons (Fsp3) is 0.800. The van der Waals surface area contributed by atoms with Gasteiger partial charge in [-0.3, -0.25) is 9.59 Å². The van der Waals surface area contributed by atoms with Crippen molar-refractivity contribution in [3.63, 3.8) is 0 Å². The highest BCUT2D eigenvalue weighted by molar-refractivity contribution is 5.96. The topological polar surface area (TPSA) is 140 Å². The third-order valence-electron chi connectivity index (χ3n) is 9.46. The number of ketones is 1. The lowest BCUT2D eigenvalue weighted by atomic mass is 9.38. The highest BCUT2D eigenvalue weighted by atomic mass is 16.7. The van der Waals surface area contributed by atoms with Crippen LogP contribution in [0.25, 0.3) is 0 Å². The standard InChI is InChI=1S/C25H34O9/c1-10(2)6-16(27)34-18-17-12(4)19(28)25(31)22-23(5)13(11(3)7-14(26)20(23)29)8-15(33-21(18)30)24(17,22)9-32-25/h7,10,12-13,15,17-20,22,28-29,31H,6,8-9H2,1-5H3/t12-,13+,15-,17-,18-,19-,20-,22-,23-,24+,25+/m1/s1. The minimum Gasteiger partial charge on any atom is -0.459 e. The maximum Gasteiger partial charge on any atom is 0.348 e. The molecule has 5 aliphatic rings. The van der Waals surface area contributed by atoms with Gasteiger partial charge < -0.3 is 29.5 Å². The number of hydrogen-bond acceptors (Lipinski definition) is 9. The van der Waals surface area contributed by atoms with Crippen molar-refractivity contribution in [1.29, 1.82) is 0 Å².